The number of hydrogen-bond donors (Lipinski definition) is 2. The Labute approximate surface area is 183 Å². The molecule has 6 nitrogen and oxygen atoms in total. The van der Waals surface area contributed by atoms with Crippen molar-refractivity contribution in [1.82, 2.24) is 0 Å². The van der Waals surface area contributed by atoms with Crippen molar-refractivity contribution in [1.29, 1.82) is 0 Å². The van der Waals surface area contributed by atoms with E-state index in [1.165, 1.54) is 0 Å². The fourth-order valence-corrected chi connectivity index (χ4v) is 4.27. The molecule has 3 N–H and O–H groups in total. The highest BCUT2D eigenvalue weighted by Crippen LogP contribution is 2.32. The van der Waals surface area contributed by atoms with E-state index in [1.807, 2.05) is 47.4 Å². The second-order valence-corrected chi connectivity index (χ2v) is 7.93. The van der Waals surface area contributed by atoms with Crippen LogP contribution in [0.1, 0.15) is 30.4 Å². The highest BCUT2D eigenvalue weighted by Gasteiger charge is 2.29. The zero-order chi connectivity index (χ0) is 20.4. The van der Waals surface area contributed by atoms with Crippen LogP contribution in [0.25, 0.3) is 0 Å². The molecule has 1 aliphatic carbocycles. The summed E-state index contributed by atoms with van der Waals surface area (Å²) in [4.78, 5) is 27.3. The number of rotatable bonds is 5. The molecule has 0 radical (unpaired) electrons. The molecule has 0 bridgehead atoms. The maximum atomic E-state index is 12.9. The van der Waals surface area contributed by atoms with Crippen molar-refractivity contribution in [3.05, 3.63) is 53.6 Å². The first kappa shape index (κ1) is 22.1. The summed E-state index contributed by atoms with van der Waals surface area (Å²) in [5.41, 5.74) is 9.60. The lowest BCUT2D eigenvalue weighted by Gasteiger charge is -2.19. The Balaban J connectivity index is 0.00000256. The molecule has 2 atom stereocenters. The van der Waals surface area contributed by atoms with Gasteiger partial charge in [0.15, 0.2) is 0 Å². The van der Waals surface area contributed by atoms with Crippen molar-refractivity contribution >= 4 is 35.6 Å². The molecule has 0 aromatic heterocycles. The molecule has 2 aliphatic rings. The van der Waals surface area contributed by atoms with Crippen LogP contribution in [-0.2, 0) is 22.4 Å². The number of fused-ring (bicyclic) bond motifs is 1. The summed E-state index contributed by atoms with van der Waals surface area (Å²) < 4.78 is 5.25. The minimum Gasteiger partial charge on any atom is -0.497 e. The molecule has 4 rings (SSSR count). The molecule has 1 fully saturated rings. The minimum absolute atomic E-state index is 0. The molecule has 0 spiro atoms. The second-order valence-electron chi connectivity index (χ2n) is 7.93. The number of nitrogens with two attached hydrogens (primary N) is 1. The van der Waals surface area contributed by atoms with Gasteiger partial charge >= 0.3 is 0 Å². The number of methoxy groups -OCH3 is 1. The van der Waals surface area contributed by atoms with Gasteiger partial charge in [0, 0.05) is 29.9 Å². The molecule has 2 aromatic carbocycles. The van der Waals surface area contributed by atoms with Gasteiger partial charge in [-0.3, -0.25) is 9.59 Å². The van der Waals surface area contributed by atoms with E-state index in [0.717, 1.165) is 53.9 Å². The predicted octanol–water partition coefficient (Wildman–Crippen LogP) is 3.31. The summed E-state index contributed by atoms with van der Waals surface area (Å²) in [7, 11) is 1.62. The first-order valence-electron chi connectivity index (χ1n) is 10.2. The molecule has 30 heavy (non-hydrogen) atoms. The third kappa shape index (κ3) is 4.77. The summed E-state index contributed by atoms with van der Waals surface area (Å²) in [6.45, 7) is 0.660. The molecule has 7 heteroatoms. The molecule has 2 aromatic rings. The van der Waals surface area contributed by atoms with E-state index in [-0.39, 0.29) is 36.2 Å². The van der Waals surface area contributed by atoms with Crippen LogP contribution in [0.3, 0.4) is 0 Å². The summed E-state index contributed by atoms with van der Waals surface area (Å²) in [6, 6.07) is 13.5. The van der Waals surface area contributed by atoms with Gasteiger partial charge in [-0.2, -0.15) is 0 Å². The van der Waals surface area contributed by atoms with Crippen molar-refractivity contribution in [2.45, 2.75) is 38.1 Å². The molecule has 2 unspecified atom stereocenters. The van der Waals surface area contributed by atoms with Crippen LogP contribution in [-0.4, -0.2) is 31.5 Å². The van der Waals surface area contributed by atoms with Crippen LogP contribution in [0.4, 0.5) is 11.4 Å². The van der Waals surface area contributed by atoms with Crippen LogP contribution in [0.5, 0.6) is 5.75 Å². The predicted molar refractivity (Wildman–Crippen MR) is 120 cm³/mol. The van der Waals surface area contributed by atoms with E-state index in [2.05, 4.69) is 5.32 Å². The lowest BCUT2D eigenvalue weighted by Crippen LogP contribution is -2.30. The number of halogens is 1. The Kier molecular flexibility index (Phi) is 7.00. The Morgan fingerprint density at radius 1 is 1.20 bits per heavy atom. The monoisotopic (exact) mass is 429 g/mol. The van der Waals surface area contributed by atoms with E-state index in [1.54, 1.807) is 7.11 Å². The smallest absolute Gasteiger partial charge is 0.231 e. The number of ether oxygens (including phenoxy) is 1. The average molecular weight is 430 g/mol. The summed E-state index contributed by atoms with van der Waals surface area (Å²) in [5, 5.41) is 3.01. The van der Waals surface area contributed by atoms with Gasteiger partial charge in [-0.25, -0.2) is 0 Å². The number of carbonyl (C=O) groups is 2. The molecule has 0 saturated heterocycles. The Bertz CT molecular complexity index is 934. The molecular formula is C23H28ClN3O3. The van der Waals surface area contributed by atoms with Crippen molar-refractivity contribution in [3.8, 4) is 5.75 Å². The first-order valence-corrected chi connectivity index (χ1v) is 10.2. The van der Waals surface area contributed by atoms with Gasteiger partial charge in [0.25, 0.3) is 0 Å². The number of anilines is 2. The van der Waals surface area contributed by atoms with Crippen molar-refractivity contribution < 1.29 is 14.3 Å². The van der Waals surface area contributed by atoms with Crippen molar-refractivity contribution in [3.63, 3.8) is 0 Å². The number of hydrogen-bond acceptors (Lipinski definition) is 4. The summed E-state index contributed by atoms with van der Waals surface area (Å²) in [6.07, 6.45) is 3.61. The number of nitrogens with one attached hydrogen (secondary N) is 1. The van der Waals surface area contributed by atoms with Gasteiger partial charge in [0.05, 0.1) is 13.5 Å². The number of amides is 2. The third-order valence-corrected chi connectivity index (χ3v) is 5.88. The van der Waals surface area contributed by atoms with E-state index in [4.69, 9.17) is 10.5 Å². The van der Waals surface area contributed by atoms with Gasteiger partial charge < -0.3 is 20.7 Å². The Hall–Kier alpha value is -2.57. The normalized spacial score (nSPS) is 19.7. The topological polar surface area (TPSA) is 84.7 Å². The van der Waals surface area contributed by atoms with E-state index in [0.29, 0.717) is 13.0 Å². The van der Waals surface area contributed by atoms with Gasteiger partial charge in [0.2, 0.25) is 11.8 Å². The number of benzene rings is 2. The van der Waals surface area contributed by atoms with E-state index in [9.17, 15) is 9.59 Å². The SMILES string of the molecule is COc1cccc(CC(=O)N2CCc3ccc(NC(=O)C4CCC(N)C4)cc32)c1.Cl. The standard InChI is InChI=1S/C23H27N3O3.ClH/c1-29-20-4-2-3-15(11-20)12-22(27)26-10-9-16-6-8-19(14-21(16)26)25-23(28)17-5-7-18(24)13-17;/h2-4,6,8,11,14,17-18H,5,7,9-10,12-13,24H2,1H3,(H,25,28);1H. The molecule has 1 heterocycles. The molecular weight excluding hydrogens is 402 g/mol. The molecule has 2 amide bonds. The van der Waals surface area contributed by atoms with Crippen LogP contribution < -0.4 is 20.7 Å². The van der Waals surface area contributed by atoms with Crippen LogP contribution in [0.2, 0.25) is 0 Å². The van der Waals surface area contributed by atoms with Crippen LogP contribution in [0.15, 0.2) is 42.5 Å². The maximum Gasteiger partial charge on any atom is 0.231 e. The number of nitrogens with zero attached hydrogens (tertiary/aromatic N) is 1. The summed E-state index contributed by atoms with van der Waals surface area (Å²) >= 11 is 0. The second kappa shape index (κ2) is 9.49. The van der Waals surface area contributed by atoms with Crippen LogP contribution >= 0.6 is 12.4 Å². The minimum atomic E-state index is -0.0240. The van der Waals surface area contributed by atoms with Gasteiger partial charge in [-0.05, 0) is 61.1 Å². The fraction of sp³-hybridized carbons (Fsp3) is 0.391. The van der Waals surface area contributed by atoms with Gasteiger partial charge in [-0.1, -0.05) is 18.2 Å². The Morgan fingerprint density at radius 3 is 2.77 bits per heavy atom. The van der Waals surface area contributed by atoms with Crippen LogP contribution in [0, 0.1) is 5.92 Å². The third-order valence-electron chi connectivity index (χ3n) is 5.88. The fourth-order valence-electron chi connectivity index (χ4n) is 4.27. The lowest BCUT2D eigenvalue weighted by molar-refractivity contribution is -0.120. The van der Waals surface area contributed by atoms with Crippen molar-refractivity contribution in [2.75, 3.05) is 23.9 Å². The zero-order valence-corrected chi connectivity index (χ0v) is 17.9. The molecule has 1 saturated carbocycles. The van der Waals surface area contributed by atoms with Gasteiger partial charge in [0.1, 0.15) is 5.75 Å². The van der Waals surface area contributed by atoms with Crippen molar-refractivity contribution in [2.24, 2.45) is 11.7 Å². The largest absolute Gasteiger partial charge is 0.497 e. The Morgan fingerprint density at radius 2 is 2.03 bits per heavy atom. The molecule has 1 aliphatic heterocycles. The van der Waals surface area contributed by atoms with E-state index < -0.39 is 0 Å². The molecule has 160 valence electrons. The highest BCUT2D eigenvalue weighted by molar-refractivity contribution is 5.99. The number of carbonyl (C=O) groups excluding carboxylic acids is 2. The van der Waals surface area contributed by atoms with Gasteiger partial charge in [-0.15, -0.1) is 12.4 Å². The zero-order valence-electron chi connectivity index (χ0n) is 17.1. The van der Waals surface area contributed by atoms with E-state index >= 15 is 0 Å². The lowest BCUT2D eigenvalue weighted by atomic mass is 10.1. The maximum absolute atomic E-state index is 12.9. The quantitative estimate of drug-likeness (QED) is 0.763. The first-order chi connectivity index (χ1) is 14.0. The average Bonchev–Trinajstić information content (AvgIpc) is 3.34. The summed E-state index contributed by atoms with van der Waals surface area (Å²) in [5.74, 6) is 0.783. The highest BCUT2D eigenvalue weighted by atomic mass is 35.5.